The molecule has 0 aliphatic carbocycles. The fourth-order valence-corrected chi connectivity index (χ4v) is 1.98. The van der Waals surface area contributed by atoms with Gasteiger partial charge in [-0.25, -0.2) is 0 Å². The summed E-state index contributed by atoms with van der Waals surface area (Å²) < 4.78 is 0. The van der Waals surface area contributed by atoms with Crippen LogP contribution in [0.3, 0.4) is 0 Å². The maximum Gasteiger partial charge on any atom is 0.270 e. The van der Waals surface area contributed by atoms with E-state index in [2.05, 4.69) is 4.98 Å². The first-order valence-electron chi connectivity index (χ1n) is 5.83. The number of hydrogen-bond donors (Lipinski definition) is 2. The van der Waals surface area contributed by atoms with Crippen LogP contribution in [0.15, 0.2) is 24.3 Å². The number of H-pyrrole nitrogens is 1. The Balaban J connectivity index is 2.43. The molecule has 1 aromatic heterocycles. The van der Waals surface area contributed by atoms with E-state index in [9.17, 15) is 4.79 Å². The van der Waals surface area contributed by atoms with Crippen molar-refractivity contribution in [1.29, 1.82) is 0 Å². The van der Waals surface area contributed by atoms with Crippen LogP contribution in [-0.2, 0) is 0 Å². The summed E-state index contributed by atoms with van der Waals surface area (Å²) in [5.41, 5.74) is 7.96. The Labute approximate surface area is 100 Å². The first-order chi connectivity index (χ1) is 8.17. The summed E-state index contributed by atoms with van der Waals surface area (Å²) in [5, 5.41) is 0.973. The molecule has 0 aliphatic heterocycles. The number of nitrogens with two attached hydrogens (primary N) is 1. The summed E-state index contributed by atoms with van der Waals surface area (Å²) >= 11 is 0. The van der Waals surface area contributed by atoms with E-state index in [0.717, 1.165) is 10.9 Å². The van der Waals surface area contributed by atoms with Gasteiger partial charge in [0.1, 0.15) is 5.69 Å². The number of nitrogens with one attached hydrogen (secondary N) is 1. The van der Waals surface area contributed by atoms with Gasteiger partial charge in [-0.1, -0.05) is 12.1 Å². The lowest BCUT2D eigenvalue weighted by molar-refractivity contribution is 0.0768. The van der Waals surface area contributed by atoms with Gasteiger partial charge in [-0.2, -0.15) is 0 Å². The highest BCUT2D eigenvalue weighted by atomic mass is 16.2. The summed E-state index contributed by atoms with van der Waals surface area (Å²) in [4.78, 5) is 17.0. The average molecular weight is 231 g/mol. The van der Waals surface area contributed by atoms with E-state index in [4.69, 9.17) is 5.73 Å². The molecule has 2 rings (SSSR count). The minimum atomic E-state index is 0.0191. The number of aromatic amines is 1. The summed E-state index contributed by atoms with van der Waals surface area (Å²) in [5.74, 6) is 0.0191. The van der Waals surface area contributed by atoms with Crippen LogP contribution in [-0.4, -0.2) is 28.9 Å². The number of anilines is 1. The third-order valence-electron chi connectivity index (χ3n) is 2.97. The van der Waals surface area contributed by atoms with Crippen molar-refractivity contribution in [2.75, 3.05) is 18.8 Å². The zero-order valence-electron chi connectivity index (χ0n) is 10.2. The van der Waals surface area contributed by atoms with Gasteiger partial charge in [0.15, 0.2) is 0 Å². The van der Waals surface area contributed by atoms with Gasteiger partial charge < -0.3 is 15.6 Å². The number of nitrogens with zero attached hydrogens (tertiary/aromatic N) is 1. The Morgan fingerprint density at radius 2 is 2.06 bits per heavy atom. The molecule has 17 heavy (non-hydrogen) atoms. The number of aromatic nitrogens is 1. The number of carbonyl (C=O) groups is 1. The van der Waals surface area contributed by atoms with E-state index < -0.39 is 0 Å². The second-order valence-corrected chi connectivity index (χ2v) is 3.97. The van der Waals surface area contributed by atoms with E-state index in [0.29, 0.717) is 24.5 Å². The molecule has 3 N–H and O–H groups in total. The zero-order valence-corrected chi connectivity index (χ0v) is 10.2. The minimum Gasteiger partial charge on any atom is -0.397 e. The highest BCUT2D eigenvalue weighted by Gasteiger charge is 2.15. The lowest BCUT2D eigenvalue weighted by Crippen LogP contribution is -2.30. The topological polar surface area (TPSA) is 62.1 Å². The van der Waals surface area contributed by atoms with Crippen molar-refractivity contribution in [3.05, 3.63) is 30.0 Å². The van der Waals surface area contributed by atoms with Crippen molar-refractivity contribution < 1.29 is 4.79 Å². The monoisotopic (exact) mass is 231 g/mol. The molecule has 2 aromatic rings. The molecule has 0 fully saturated rings. The number of amides is 1. The Bertz CT molecular complexity index is 541. The summed E-state index contributed by atoms with van der Waals surface area (Å²) in [6.07, 6.45) is 0. The van der Waals surface area contributed by atoms with Gasteiger partial charge >= 0.3 is 0 Å². The minimum absolute atomic E-state index is 0.0191. The number of rotatable bonds is 3. The molecule has 4 nitrogen and oxygen atoms in total. The quantitative estimate of drug-likeness (QED) is 0.796. The molecular weight excluding hydrogens is 214 g/mol. The van der Waals surface area contributed by atoms with Crippen molar-refractivity contribution in [3.8, 4) is 0 Å². The molecule has 90 valence electrons. The van der Waals surface area contributed by atoms with Crippen molar-refractivity contribution in [2.24, 2.45) is 0 Å². The highest BCUT2D eigenvalue weighted by Crippen LogP contribution is 2.21. The average Bonchev–Trinajstić information content (AvgIpc) is 2.76. The third-order valence-corrected chi connectivity index (χ3v) is 2.97. The van der Waals surface area contributed by atoms with Gasteiger partial charge in [0.2, 0.25) is 0 Å². The summed E-state index contributed by atoms with van der Waals surface area (Å²) in [7, 11) is 0. The Morgan fingerprint density at radius 3 is 2.65 bits per heavy atom. The predicted octanol–water partition coefficient (Wildman–Crippen LogP) is 2.23. The molecule has 4 heteroatoms. The molecule has 1 amide bonds. The van der Waals surface area contributed by atoms with Crippen molar-refractivity contribution in [3.63, 3.8) is 0 Å². The molecule has 0 saturated carbocycles. The van der Waals surface area contributed by atoms with Gasteiger partial charge in [-0.15, -0.1) is 0 Å². The summed E-state index contributed by atoms with van der Waals surface area (Å²) in [6, 6.07) is 7.51. The Hall–Kier alpha value is -1.97. The second kappa shape index (κ2) is 4.49. The van der Waals surface area contributed by atoms with E-state index in [1.54, 1.807) is 4.90 Å². The first kappa shape index (κ1) is 11.5. The first-order valence-corrected chi connectivity index (χ1v) is 5.83. The van der Waals surface area contributed by atoms with Crippen molar-refractivity contribution in [1.82, 2.24) is 9.88 Å². The Kier molecular flexibility index (Phi) is 3.04. The van der Waals surface area contributed by atoms with Crippen LogP contribution in [0, 0.1) is 0 Å². The number of hydrogen-bond acceptors (Lipinski definition) is 2. The van der Waals surface area contributed by atoms with Crippen LogP contribution in [0.25, 0.3) is 10.9 Å². The largest absolute Gasteiger partial charge is 0.397 e. The maximum atomic E-state index is 12.1. The standard InChI is InChI=1S/C13H17N3O/c1-3-16(4-2)13(17)11-8-9-6-5-7-10(14)12(9)15-11/h5-8,15H,3-4,14H2,1-2H3. The molecule has 0 radical (unpaired) electrons. The Morgan fingerprint density at radius 1 is 1.35 bits per heavy atom. The smallest absolute Gasteiger partial charge is 0.270 e. The van der Waals surface area contributed by atoms with E-state index in [-0.39, 0.29) is 5.91 Å². The highest BCUT2D eigenvalue weighted by molar-refractivity contribution is 6.00. The number of carbonyl (C=O) groups excluding carboxylic acids is 1. The molecule has 0 atom stereocenters. The van der Waals surface area contributed by atoms with Crippen LogP contribution < -0.4 is 5.73 Å². The molecule has 0 spiro atoms. The van der Waals surface area contributed by atoms with E-state index in [1.165, 1.54) is 0 Å². The molecule has 1 heterocycles. The molecule has 0 saturated heterocycles. The van der Waals surface area contributed by atoms with Crippen LogP contribution in [0.5, 0.6) is 0 Å². The predicted molar refractivity (Wildman–Crippen MR) is 70.0 cm³/mol. The maximum absolute atomic E-state index is 12.1. The molecule has 1 aromatic carbocycles. The lowest BCUT2D eigenvalue weighted by Gasteiger charge is -2.17. The molecular formula is C13H17N3O. The van der Waals surface area contributed by atoms with Crippen LogP contribution in [0.4, 0.5) is 5.69 Å². The number of para-hydroxylation sites is 1. The van der Waals surface area contributed by atoms with E-state index >= 15 is 0 Å². The van der Waals surface area contributed by atoms with Crippen molar-refractivity contribution in [2.45, 2.75) is 13.8 Å². The SMILES string of the molecule is CCN(CC)C(=O)c1cc2cccc(N)c2[nH]1. The van der Waals surface area contributed by atoms with Gasteiger partial charge in [0, 0.05) is 18.5 Å². The van der Waals surface area contributed by atoms with Gasteiger partial charge in [0.25, 0.3) is 5.91 Å². The number of fused-ring (bicyclic) bond motifs is 1. The zero-order chi connectivity index (χ0) is 12.4. The van der Waals surface area contributed by atoms with E-state index in [1.807, 2.05) is 38.1 Å². The molecule has 0 aliphatic rings. The lowest BCUT2D eigenvalue weighted by atomic mass is 10.2. The molecule has 0 unspecified atom stereocenters. The number of benzene rings is 1. The van der Waals surface area contributed by atoms with Crippen LogP contribution in [0.2, 0.25) is 0 Å². The van der Waals surface area contributed by atoms with Crippen LogP contribution in [0.1, 0.15) is 24.3 Å². The van der Waals surface area contributed by atoms with Crippen molar-refractivity contribution >= 4 is 22.5 Å². The van der Waals surface area contributed by atoms with Gasteiger partial charge in [-0.05, 0) is 26.0 Å². The van der Waals surface area contributed by atoms with Crippen LogP contribution >= 0.6 is 0 Å². The fraction of sp³-hybridized carbons (Fsp3) is 0.308. The molecule has 0 bridgehead atoms. The third kappa shape index (κ3) is 1.98. The van der Waals surface area contributed by atoms with Gasteiger partial charge in [-0.3, -0.25) is 4.79 Å². The number of nitrogen functional groups attached to an aromatic ring is 1. The van der Waals surface area contributed by atoms with Gasteiger partial charge in [0.05, 0.1) is 11.2 Å². The second-order valence-electron chi connectivity index (χ2n) is 3.97. The normalized spacial score (nSPS) is 10.7. The summed E-state index contributed by atoms with van der Waals surface area (Å²) in [6.45, 7) is 5.36. The fourth-order valence-electron chi connectivity index (χ4n) is 1.98.